The number of rotatable bonds is 6. The molecule has 160 valence electrons. The van der Waals surface area contributed by atoms with Gasteiger partial charge >= 0.3 is 0 Å². The average molecular weight is 435 g/mol. The molecule has 2 aliphatic heterocycles. The van der Waals surface area contributed by atoms with Crippen LogP contribution >= 0.6 is 12.2 Å². The van der Waals surface area contributed by atoms with Crippen molar-refractivity contribution in [3.63, 3.8) is 0 Å². The van der Waals surface area contributed by atoms with Crippen LogP contribution in [0.15, 0.2) is 67.0 Å². The summed E-state index contributed by atoms with van der Waals surface area (Å²) in [5.41, 5.74) is 3.17. The van der Waals surface area contributed by atoms with E-state index in [4.69, 9.17) is 21.7 Å². The first-order chi connectivity index (χ1) is 15.2. The Balaban J connectivity index is 1.57. The molecule has 0 saturated carbocycles. The van der Waals surface area contributed by atoms with E-state index in [1.165, 1.54) is 0 Å². The Morgan fingerprint density at radius 1 is 1.19 bits per heavy atom. The van der Waals surface area contributed by atoms with E-state index < -0.39 is 0 Å². The van der Waals surface area contributed by atoms with Crippen LogP contribution in [0.1, 0.15) is 36.3 Å². The van der Waals surface area contributed by atoms with Gasteiger partial charge in [0.05, 0.1) is 31.0 Å². The summed E-state index contributed by atoms with van der Waals surface area (Å²) in [6.07, 6.45) is 6.29. The van der Waals surface area contributed by atoms with Crippen LogP contribution in [-0.2, 0) is 4.74 Å². The molecule has 3 atom stereocenters. The molecule has 2 fully saturated rings. The molecule has 5 rings (SSSR count). The minimum atomic E-state index is -0.0469. The van der Waals surface area contributed by atoms with Gasteiger partial charge < -0.3 is 24.3 Å². The van der Waals surface area contributed by atoms with Gasteiger partial charge in [-0.25, -0.2) is 0 Å². The fraction of sp³-hybridized carbons (Fsp3) is 0.333. The predicted octanol–water partition coefficient (Wildman–Crippen LogP) is 4.03. The molecule has 6 nitrogen and oxygen atoms in total. The van der Waals surface area contributed by atoms with Crippen LogP contribution in [0.5, 0.6) is 5.75 Å². The molecule has 2 saturated heterocycles. The molecule has 0 unspecified atom stereocenters. The van der Waals surface area contributed by atoms with Crippen LogP contribution in [-0.4, -0.2) is 45.9 Å². The van der Waals surface area contributed by atoms with E-state index in [0.717, 1.165) is 53.9 Å². The standard InChI is InChI=1S/C24H26N4O2S/c1-29-18-8-4-7-17(15-18)27-13-5-11-21(27)23-22(20-10-2-3-12-25-20)26-24(31)28(23)16-19-9-6-14-30-19/h2-5,7-8,10-13,15,19,22-23H,6,9,14,16H2,1H3,(H,26,31)/t19-,22-,23+/m0/s1. The normalized spacial score (nSPS) is 23.2. The highest BCUT2D eigenvalue weighted by atomic mass is 32.1. The van der Waals surface area contributed by atoms with E-state index >= 15 is 0 Å². The lowest BCUT2D eigenvalue weighted by Gasteiger charge is -2.30. The summed E-state index contributed by atoms with van der Waals surface area (Å²) in [6, 6.07) is 18.3. The zero-order chi connectivity index (χ0) is 21.2. The second-order valence-corrected chi connectivity index (χ2v) is 8.31. The van der Waals surface area contributed by atoms with E-state index in [1.807, 2.05) is 36.5 Å². The smallest absolute Gasteiger partial charge is 0.170 e. The Bertz CT molecular complexity index is 1050. The minimum absolute atomic E-state index is 0.00667. The Hall–Kier alpha value is -2.90. The maximum atomic E-state index is 5.95. The number of methoxy groups -OCH3 is 1. The van der Waals surface area contributed by atoms with Gasteiger partial charge in [0.15, 0.2) is 5.11 Å². The van der Waals surface area contributed by atoms with Gasteiger partial charge in [-0.1, -0.05) is 12.1 Å². The van der Waals surface area contributed by atoms with E-state index in [9.17, 15) is 0 Å². The molecule has 1 N–H and O–H groups in total. The van der Waals surface area contributed by atoms with E-state index in [2.05, 4.69) is 50.2 Å². The number of hydrogen-bond donors (Lipinski definition) is 1. The molecule has 0 bridgehead atoms. The number of thiocarbonyl (C=S) groups is 1. The van der Waals surface area contributed by atoms with Crippen molar-refractivity contribution in [1.29, 1.82) is 0 Å². The van der Waals surface area contributed by atoms with Gasteiger partial charge in [-0.2, -0.15) is 0 Å². The molecule has 0 spiro atoms. The monoisotopic (exact) mass is 434 g/mol. The van der Waals surface area contributed by atoms with Crippen molar-refractivity contribution in [2.75, 3.05) is 20.3 Å². The molecule has 0 aliphatic carbocycles. The maximum Gasteiger partial charge on any atom is 0.170 e. The molecule has 2 aliphatic rings. The third kappa shape index (κ3) is 3.91. The summed E-state index contributed by atoms with van der Waals surface area (Å²) in [4.78, 5) is 6.92. The summed E-state index contributed by atoms with van der Waals surface area (Å²) in [5.74, 6) is 0.828. The lowest BCUT2D eigenvalue weighted by atomic mass is 10.0. The van der Waals surface area contributed by atoms with Gasteiger partial charge in [0.2, 0.25) is 0 Å². The van der Waals surface area contributed by atoms with Gasteiger partial charge in [0.1, 0.15) is 5.75 Å². The Morgan fingerprint density at radius 3 is 2.90 bits per heavy atom. The number of aromatic nitrogens is 2. The second kappa shape index (κ2) is 8.69. The van der Waals surface area contributed by atoms with Crippen molar-refractivity contribution in [3.05, 3.63) is 78.4 Å². The van der Waals surface area contributed by atoms with Crippen LogP contribution < -0.4 is 10.1 Å². The van der Waals surface area contributed by atoms with Gasteiger partial charge in [0, 0.05) is 43.0 Å². The van der Waals surface area contributed by atoms with E-state index in [-0.39, 0.29) is 18.2 Å². The first-order valence-corrected chi connectivity index (χ1v) is 11.1. The second-order valence-electron chi connectivity index (χ2n) is 7.92. The van der Waals surface area contributed by atoms with Gasteiger partial charge in [0.25, 0.3) is 0 Å². The summed E-state index contributed by atoms with van der Waals surface area (Å²) >= 11 is 5.80. The molecule has 0 amide bonds. The summed E-state index contributed by atoms with van der Waals surface area (Å²) < 4.78 is 13.6. The van der Waals surface area contributed by atoms with Gasteiger partial charge in [-0.05, 0) is 61.5 Å². The van der Waals surface area contributed by atoms with Crippen molar-refractivity contribution >= 4 is 17.3 Å². The number of benzene rings is 1. The van der Waals surface area contributed by atoms with Gasteiger partial charge in [-0.3, -0.25) is 4.98 Å². The Kier molecular flexibility index (Phi) is 5.61. The zero-order valence-corrected chi connectivity index (χ0v) is 18.3. The molecular weight excluding hydrogens is 408 g/mol. The molecule has 1 aromatic carbocycles. The number of nitrogens with zero attached hydrogens (tertiary/aromatic N) is 3. The van der Waals surface area contributed by atoms with Gasteiger partial charge in [-0.15, -0.1) is 0 Å². The van der Waals surface area contributed by atoms with Crippen molar-refractivity contribution in [2.24, 2.45) is 0 Å². The molecule has 2 aromatic heterocycles. The van der Waals surface area contributed by atoms with Crippen LogP contribution in [0.25, 0.3) is 5.69 Å². The lowest BCUT2D eigenvalue weighted by molar-refractivity contribution is 0.0836. The first kappa shape index (κ1) is 20.0. The number of nitrogens with one attached hydrogen (secondary N) is 1. The van der Waals surface area contributed by atoms with Crippen LogP contribution in [0, 0.1) is 0 Å². The zero-order valence-electron chi connectivity index (χ0n) is 17.5. The largest absolute Gasteiger partial charge is 0.497 e. The fourth-order valence-corrected chi connectivity index (χ4v) is 4.88. The predicted molar refractivity (Wildman–Crippen MR) is 123 cm³/mol. The van der Waals surface area contributed by atoms with Crippen LogP contribution in [0.4, 0.5) is 0 Å². The average Bonchev–Trinajstić information content (AvgIpc) is 3.56. The van der Waals surface area contributed by atoms with Crippen molar-refractivity contribution in [2.45, 2.75) is 31.0 Å². The minimum Gasteiger partial charge on any atom is -0.497 e. The van der Waals surface area contributed by atoms with E-state index in [0.29, 0.717) is 0 Å². The highest BCUT2D eigenvalue weighted by molar-refractivity contribution is 7.80. The first-order valence-electron chi connectivity index (χ1n) is 10.7. The lowest BCUT2D eigenvalue weighted by Crippen LogP contribution is -2.36. The summed E-state index contributed by atoms with van der Waals surface area (Å²) in [7, 11) is 1.69. The van der Waals surface area contributed by atoms with Crippen molar-refractivity contribution in [1.82, 2.24) is 19.8 Å². The van der Waals surface area contributed by atoms with Crippen molar-refractivity contribution < 1.29 is 9.47 Å². The Labute approximate surface area is 187 Å². The molecule has 0 radical (unpaired) electrons. The summed E-state index contributed by atoms with van der Waals surface area (Å²) in [5, 5.41) is 4.28. The highest BCUT2D eigenvalue weighted by Gasteiger charge is 2.42. The quantitative estimate of drug-likeness (QED) is 0.591. The maximum absolute atomic E-state index is 5.95. The number of hydrogen-bond acceptors (Lipinski definition) is 4. The topological polar surface area (TPSA) is 51.5 Å². The molecule has 31 heavy (non-hydrogen) atoms. The highest BCUT2D eigenvalue weighted by Crippen LogP contribution is 2.40. The third-order valence-electron chi connectivity index (χ3n) is 6.04. The Morgan fingerprint density at radius 2 is 2.13 bits per heavy atom. The molecule has 4 heterocycles. The summed E-state index contributed by atoms with van der Waals surface area (Å²) in [6.45, 7) is 1.59. The molecular formula is C24H26N4O2S. The SMILES string of the molecule is COc1cccc(-n2cccc2[C@@H]2[C@H](c3ccccn3)NC(=S)N2C[C@@H]2CCCO2)c1. The molecule has 7 heteroatoms. The molecule has 3 aromatic rings. The van der Waals surface area contributed by atoms with Crippen LogP contribution in [0.3, 0.4) is 0 Å². The third-order valence-corrected chi connectivity index (χ3v) is 6.39. The van der Waals surface area contributed by atoms with E-state index in [1.54, 1.807) is 7.11 Å². The fourth-order valence-electron chi connectivity index (χ4n) is 4.56. The van der Waals surface area contributed by atoms with Crippen LogP contribution in [0.2, 0.25) is 0 Å². The van der Waals surface area contributed by atoms with Crippen molar-refractivity contribution in [3.8, 4) is 11.4 Å². The number of ether oxygens (including phenoxy) is 2. The number of pyridine rings is 1.